The van der Waals surface area contributed by atoms with Crippen molar-refractivity contribution in [3.63, 3.8) is 0 Å². The van der Waals surface area contributed by atoms with Gasteiger partial charge in [-0.3, -0.25) is 4.79 Å². The van der Waals surface area contributed by atoms with E-state index >= 15 is 0 Å². The molecule has 1 aromatic rings. The van der Waals surface area contributed by atoms with Crippen LogP contribution in [-0.2, 0) is 14.3 Å². The number of ether oxygens (including phenoxy) is 1. The van der Waals surface area contributed by atoms with Gasteiger partial charge in [0.05, 0.1) is 19.2 Å². The second-order valence-corrected chi connectivity index (χ2v) is 5.39. The van der Waals surface area contributed by atoms with Crippen molar-refractivity contribution >= 4 is 11.9 Å². The van der Waals surface area contributed by atoms with Gasteiger partial charge in [-0.15, -0.1) is 6.58 Å². The number of benzene rings is 1. The first-order valence-corrected chi connectivity index (χ1v) is 7.50. The van der Waals surface area contributed by atoms with Gasteiger partial charge in [-0.2, -0.15) is 0 Å². The summed E-state index contributed by atoms with van der Waals surface area (Å²) >= 11 is 0. The second-order valence-electron chi connectivity index (χ2n) is 5.39. The van der Waals surface area contributed by atoms with Crippen LogP contribution in [0.25, 0.3) is 0 Å². The molecule has 0 aromatic heterocycles. The first-order valence-electron chi connectivity index (χ1n) is 7.50. The summed E-state index contributed by atoms with van der Waals surface area (Å²) in [6, 6.07) is 5.86. The predicted molar refractivity (Wildman–Crippen MR) is 85.0 cm³/mol. The van der Waals surface area contributed by atoms with Gasteiger partial charge in [0.2, 0.25) is 5.91 Å². The largest absolute Gasteiger partial charge is 0.466 e. The molecule has 1 fully saturated rings. The number of rotatable bonds is 5. The van der Waals surface area contributed by atoms with Gasteiger partial charge in [0.15, 0.2) is 0 Å². The summed E-state index contributed by atoms with van der Waals surface area (Å²) < 4.78 is 18.1. The van der Waals surface area contributed by atoms with Gasteiger partial charge in [0.1, 0.15) is 5.82 Å². The molecular weight excluding hydrogens is 297 g/mol. The van der Waals surface area contributed by atoms with Gasteiger partial charge in [0, 0.05) is 12.5 Å². The maximum absolute atomic E-state index is 13.5. The van der Waals surface area contributed by atoms with Crippen molar-refractivity contribution in [3.8, 4) is 0 Å². The number of methoxy groups -OCH3 is 1. The molecule has 0 radical (unpaired) electrons. The van der Waals surface area contributed by atoms with Crippen LogP contribution in [0.5, 0.6) is 0 Å². The Labute approximate surface area is 135 Å². The summed E-state index contributed by atoms with van der Waals surface area (Å²) in [7, 11) is 1.30. The summed E-state index contributed by atoms with van der Waals surface area (Å²) in [4.78, 5) is 25.4. The molecule has 0 unspecified atom stereocenters. The van der Waals surface area contributed by atoms with E-state index in [2.05, 4.69) is 11.3 Å². The lowest BCUT2D eigenvalue weighted by Crippen LogP contribution is -2.36. The molecule has 2 rings (SSSR count). The lowest BCUT2D eigenvalue weighted by Gasteiger charge is -2.29. The van der Waals surface area contributed by atoms with Crippen molar-refractivity contribution in [2.24, 2.45) is 0 Å². The third-order valence-corrected chi connectivity index (χ3v) is 3.92. The average Bonchev–Trinajstić information content (AvgIpc) is 2.96. The minimum Gasteiger partial charge on any atom is -0.466 e. The van der Waals surface area contributed by atoms with Gasteiger partial charge in [-0.25, -0.2) is 9.18 Å². The minimum absolute atomic E-state index is 0.0914. The highest BCUT2D eigenvalue weighted by Gasteiger charge is 2.36. The number of hydrogen-bond donors (Lipinski definition) is 0. The Bertz CT molecular complexity index is 626. The summed E-state index contributed by atoms with van der Waals surface area (Å²) in [5, 5.41) is 0. The Morgan fingerprint density at radius 3 is 2.87 bits per heavy atom. The predicted octanol–water partition coefficient (Wildman–Crippen LogP) is 3.16. The molecule has 1 heterocycles. The molecule has 5 heteroatoms. The van der Waals surface area contributed by atoms with Crippen molar-refractivity contribution < 1.29 is 18.7 Å². The van der Waals surface area contributed by atoms with Crippen molar-refractivity contribution in [2.75, 3.05) is 7.11 Å². The van der Waals surface area contributed by atoms with Crippen molar-refractivity contribution in [1.29, 1.82) is 0 Å². The number of amides is 1. The van der Waals surface area contributed by atoms with Crippen molar-refractivity contribution in [1.82, 2.24) is 4.90 Å². The zero-order valence-electron chi connectivity index (χ0n) is 13.1. The molecule has 2 atom stereocenters. The van der Waals surface area contributed by atoms with Crippen LogP contribution in [-0.4, -0.2) is 29.9 Å². The molecular formula is C18H20FNO3. The first-order chi connectivity index (χ1) is 11.1. The number of carbonyl (C=O) groups is 2. The summed E-state index contributed by atoms with van der Waals surface area (Å²) in [6.45, 7) is 3.60. The zero-order chi connectivity index (χ0) is 16.8. The van der Waals surface area contributed by atoms with Gasteiger partial charge in [0.25, 0.3) is 0 Å². The van der Waals surface area contributed by atoms with Crippen molar-refractivity contribution in [3.05, 3.63) is 60.5 Å². The van der Waals surface area contributed by atoms with Crippen LogP contribution >= 0.6 is 0 Å². The Balaban J connectivity index is 2.28. The van der Waals surface area contributed by atoms with Crippen LogP contribution in [0.2, 0.25) is 0 Å². The summed E-state index contributed by atoms with van der Waals surface area (Å²) in [5.41, 5.74) is 0.761. The summed E-state index contributed by atoms with van der Waals surface area (Å²) in [5.74, 6) is -0.881. The molecule has 1 aliphatic rings. The van der Waals surface area contributed by atoms with E-state index in [1.807, 2.05) is 6.07 Å². The van der Waals surface area contributed by atoms with Crippen LogP contribution in [0.3, 0.4) is 0 Å². The Kier molecular flexibility index (Phi) is 5.68. The average molecular weight is 317 g/mol. The highest BCUT2D eigenvalue weighted by Crippen LogP contribution is 2.37. The van der Waals surface area contributed by atoms with Crippen LogP contribution in [0, 0.1) is 5.82 Å². The van der Waals surface area contributed by atoms with Crippen LogP contribution in [0.1, 0.15) is 30.9 Å². The Morgan fingerprint density at radius 1 is 1.43 bits per heavy atom. The molecule has 1 aromatic carbocycles. The molecule has 0 N–H and O–H groups in total. The minimum atomic E-state index is -0.463. The van der Waals surface area contributed by atoms with E-state index in [0.717, 1.165) is 5.56 Å². The van der Waals surface area contributed by atoms with Gasteiger partial charge in [-0.1, -0.05) is 24.3 Å². The third-order valence-electron chi connectivity index (χ3n) is 3.92. The summed E-state index contributed by atoms with van der Waals surface area (Å²) in [6.07, 6.45) is 6.16. The Morgan fingerprint density at radius 2 is 2.22 bits per heavy atom. The number of esters is 1. The number of hydrogen-bond acceptors (Lipinski definition) is 3. The maximum Gasteiger partial charge on any atom is 0.330 e. The standard InChI is InChI=1S/C18H20FNO3/c1-3-5-17(21)20-15(9-11-18(22)23-2)8-10-16(20)13-6-4-7-14(19)12-13/h3-4,6-7,9,11-12,15-16H,1,5,8,10H2,2H3/b11-9+/t15-,16+/m1/s1. The van der Waals surface area contributed by atoms with Gasteiger partial charge in [-0.05, 0) is 30.5 Å². The van der Waals surface area contributed by atoms with E-state index in [9.17, 15) is 14.0 Å². The molecule has 0 bridgehead atoms. The molecule has 23 heavy (non-hydrogen) atoms. The van der Waals surface area contributed by atoms with Crippen LogP contribution in [0.15, 0.2) is 49.1 Å². The molecule has 0 aliphatic carbocycles. The Hall–Kier alpha value is -2.43. The monoisotopic (exact) mass is 317 g/mol. The third kappa shape index (κ3) is 4.06. The lowest BCUT2D eigenvalue weighted by molar-refractivity contribution is -0.135. The lowest BCUT2D eigenvalue weighted by atomic mass is 10.0. The topological polar surface area (TPSA) is 46.6 Å². The van der Waals surface area contributed by atoms with Gasteiger partial charge < -0.3 is 9.64 Å². The van der Waals surface area contributed by atoms with E-state index in [0.29, 0.717) is 12.8 Å². The molecule has 4 nitrogen and oxygen atoms in total. The fourth-order valence-corrected chi connectivity index (χ4v) is 2.91. The van der Waals surface area contributed by atoms with Gasteiger partial charge >= 0.3 is 5.97 Å². The van der Waals surface area contributed by atoms with E-state index in [1.54, 1.807) is 23.1 Å². The number of nitrogens with zero attached hydrogens (tertiary/aromatic N) is 1. The van der Waals surface area contributed by atoms with Crippen LogP contribution < -0.4 is 0 Å². The van der Waals surface area contributed by atoms with E-state index in [1.165, 1.54) is 25.3 Å². The quantitative estimate of drug-likeness (QED) is 0.476. The highest BCUT2D eigenvalue weighted by molar-refractivity contribution is 5.82. The highest BCUT2D eigenvalue weighted by atomic mass is 19.1. The fourth-order valence-electron chi connectivity index (χ4n) is 2.91. The molecule has 122 valence electrons. The molecule has 1 saturated heterocycles. The fraction of sp³-hybridized carbons (Fsp3) is 0.333. The zero-order valence-corrected chi connectivity index (χ0v) is 13.1. The molecule has 1 amide bonds. The van der Waals surface area contributed by atoms with E-state index < -0.39 is 5.97 Å². The van der Waals surface area contributed by atoms with Crippen molar-refractivity contribution in [2.45, 2.75) is 31.3 Å². The normalized spacial score (nSPS) is 20.7. The number of halogens is 1. The molecule has 0 saturated carbocycles. The number of carbonyl (C=O) groups excluding carboxylic acids is 2. The smallest absolute Gasteiger partial charge is 0.330 e. The van der Waals surface area contributed by atoms with E-state index in [4.69, 9.17) is 0 Å². The molecule has 0 spiro atoms. The second kappa shape index (κ2) is 7.72. The van der Waals surface area contributed by atoms with E-state index in [-0.39, 0.29) is 30.2 Å². The first kappa shape index (κ1) is 16.9. The maximum atomic E-state index is 13.5. The molecule has 1 aliphatic heterocycles. The SMILES string of the molecule is C=CCC(=O)N1[C@@H](/C=C/C(=O)OC)CC[C@H]1c1cccc(F)c1. The number of likely N-dealkylation sites (tertiary alicyclic amines) is 1. The van der Waals surface area contributed by atoms with Crippen LogP contribution in [0.4, 0.5) is 4.39 Å².